The van der Waals surface area contributed by atoms with Gasteiger partial charge in [-0.1, -0.05) is 66.7 Å². The molecule has 7 nitrogen and oxygen atoms in total. The third-order valence-corrected chi connectivity index (χ3v) is 7.76. The molecule has 0 unspecified atom stereocenters. The van der Waals surface area contributed by atoms with Crippen LogP contribution in [-0.4, -0.2) is 34.7 Å². The smallest absolute Gasteiger partial charge is 0.238 e. The molecule has 0 bridgehead atoms. The van der Waals surface area contributed by atoms with Crippen LogP contribution in [0.25, 0.3) is 16.5 Å². The van der Waals surface area contributed by atoms with Gasteiger partial charge >= 0.3 is 0 Å². The summed E-state index contributed by atoms with van der Waals surface area (Å²) in [5.41, 5.74) is 2.77. The van der Waals surface area contributed by atoms with Crippen molar-refractivity contribution in [2.24, 2.45) is 5.14 Å². The molecule has 2 N–H and O–H groups in total. The van der Waals surface area contributed by atoms with E-state index in [-0.39, 0.29) is 32.6 Å². The van der Waals surface area contributed by atoms with Crippen molar-refractivity contribution in [2.75, 3.05) is 5.75 Å². The van der Waals surface area contributed by atoms with Crippen LogP contribution in [0, 0.1) is 6.92 Å². The molecule has 0 spiro atoms. The van der Waals surface area contributed by atoms with E-state index in [1.165, 1.54) is 40.9 Å². The van der Waals surface area contributed by atoms with Crippen LogP contribution in [0.2, 0.25) is 5.02 Å². The third-order valence-electron chi connectivity index (χ3n) is 5.51. The average molecular weight is 535 g/mol. The van der Waals surface area contributed by atoms with Gasteiger partial charge in [0.25, 0.3) is 0 Å². The average Bonchev–Trinajstić information content (AvgIpc) is 3.17. The molecule has 35 heavy (non-hydrogen) atoms. The molecule has 0 aliphatic carbocycles. The lowest BCUT2D eigenvalue weighted by Crippen LogP contribution is -2.13. The fraction of sp³-hybridized carbons (Fsp3) is 0.208. The number of ketones is 1. The molecule has 0 aliphatic heterocycles. The summed E-state index contributed by atoms with van der Waals surface area (Å²) < 4.78 is 24.9. The van der Waals surface area contributed by atoms with Gasteiger partial charge in [0.1, 0.15) is 11.6 Å². The van der Waals surface area contributed by atoms with Gasteiger partial charge in [0, 0.05) is 16.8 Å². The number of rotatable bonds is 8. The molecule has 0 radical (unpaired) electrons. The van der Waals surface area contributed by atoms with Gasteiger partial charge < -0.3 is 0 Å². The van der Waals surface area contributed by atoms with E-state index in [0.717, 1.165) is 23.3 Å². The summed E-state index contributed by atoms with van der Waals surface area (Å²) in [6, 6.07) is 16.5. The van der Waals surface area contributed by atoms with Crippen molar-refractivity contribution < 1.29 is 17.9 Å². The molecule has 0 fully saturated rings. The number of hydrogen-bond acceptors (Lipinski definition) is 6. The number of sulfonamides is 1. The van der Waals surface area contributed by atoms with Gasteiger partial charge in [0.2, 0.25) is 10.0 Å². The zero-order valence-electron chi connectivity index (χ0n) is 19.1. The Morgan fingerprint density at radius 3 is 2.40 bits per heavy atom. The maximum atomic E-state index is 12.7. The number of primary sulfonamides is 1. The Balaban J connectivity index is 0.00000342. The van der Waals surface area contributed by atoms with Crippen molar-refractivity contribution in [2.45, 2.75) is 36.7 Å². The number of fused-ring (bicyclic) bond motifs is 1. The summed E-state index contributed by atoms with van der Waals surface area (Å²) in [7, 11) is -3.86. The molecule has 0 atom stereocenters. The monoisotopic (exact) mass is 534 g/mol. The highest BCUT2D eigenvalue weighted by Gasteiger charge is 2.17. The van der Waals surface area contributed by atoms with Crippen molar-refractivity contribution >= 4 is 49.9 Å². The number of nitrogens with zero attached hydrogens (tertiary/aromatic N) is 3. The molecular weight excluding hydrogens is 511 g/mol. The standard InChI is InChI=1S/C24H23ClN4O3S2.FH/c1-3-16-9-11-23(21-7-5-4-6-20(16)21)29-15(2)27-28-24(29)33-14-18(30)12-17-8-10-19(13-22(17)25)34(26,31)32;/h4-11,13H,3,12,14H2,1-2H3,(H2,26,31,32);1H. The fourth-order valence-corrected chi connectivity index (χ4v) is 5.52. The lowest BCUT2D eigenvalue weighted by molar-refractivity contribution is -0.116. The summed E-state index contributed by atoms with van der Waals surface area (Å²) in [5.74, 6) is 0.816. The Hall–Kier alpha value is -2.79. The van der Waals surface area contributed by atoms with Gasteiger partial charge in [-0.2, -0.15) is 0 Å². The number of carbonyl (C=O) groups is 1. The molecule has 184 valence electrons. The largest absolute Gasteiger partial charge is 0.298 e. The van der Waals surface area contributed by atoms with E-state index in [2.05, 4.69) is 41.4 Å². The second-order valence-electron chi connectivity index (χ2n) is 7.81. The molecule has 0 saturated heterocycles. The van der Waals surface area contributed by atoms with Crippen LogP contribution in [-0.2, 0) is 27.7 Å². The topological polar surface area (TPSA) is 108 Å². The molecule has 4 aromatic rings. The summed E-state index contributed by atoms with van der Waals surface area (Å²) >= 11 is 7.48. The van der Waals surface area contributed by atoms with Gasteiger partial charge in [-0.3, -0.25) is 14.1 Å². The van der Waals surface area contributed by atoms with E-state index in [4.69, 9.17) is 16.7 Å². The zero-order chi connectivity index (χ0) is 24.5. The van der Waals surface area contributed by atoms with Crippen LogP contribution >= 0.6 is 23.4 Å². The first-order valence-corrected chi connectivity index (χ1v) is 13.5. The first-order valence-electron chi connectivity index (χ1n) is 10.6. The minimum absolute atomic E-state index is 0. The number of aromatic nitrogens is 3. The number of aryl methyl sites for hydroxylation is 2. The van der Waals surface area contributed by atoms with Crippen molar-refractivity contribution in [3.8, 4) is 5.69 Å². The van der Waals surface area contributed by atoms with Crippen LogP contribution < -0.4 is 5.14 Å². The second-order valence-corrected chi connectivity index (χ2v) is 10.7. The Labute approximate surface area is 212 Å². The Bertz CT molecular complexity index is 1510. The summed E-state index contributed by atoms with van der Waals surface area (Å²) in [4.78, 5) is 12.6. The third kappa shape index (κ3) is 5.72. The molecule has 4 rings (SSSR count). The maximum absolute atomic E-state index is 12.7. The second kappa shape index (κ2) is 10.9. The van der Waals surface area contributed by atoms with Gasteiger partial charge in [-0.05, 0) is 48.1 Å². The molecule has 1 heterocycles. The molecule has 0 amide bonds. The van der Waals surface area contributed by atoms with E-state index in [1.54, 1.807) is 0 Å². The molecule has 0 saturated carbocycles. The number of halogens is 2. The van der Waals surface area contributed by atoms with E-state index < -0.39 is 10.0 Å². The van der Waals surface area contributed by atoms with E-state index in [0.29, 0.717) is 10.7 Å². The first-order chi connectivity index (χ1) is 16.2. The van der Waals surface area contributed by atoms with E-state index in [1.807, 2.05) is 23.6 Å². The normalized spacial score (nSPS) is 11.4. The Morgan fingerprint density at radius 2 is 1.74 bits per heavy atom. The number of Topliss-reactive ketones (excluding diaryl/α,β-unsaturated/α-hetero) is 1. The zero-order valence-corrected chi connectivity index (χ0v) is 21.5. The minimum Gasteiger partial charge on any atom is -0.298 e. The fourth-order valence-electron chi connectivity index (χ4n) is 3.82. The van der Waals surface area contributed by atoms with Crippen LogP contribution in [0.3, 0.4) is 0 Å². The number of carbonyl (C=O) groups excluding carboxylic acids is 1. The van der Waals surface area contributed by atoms with Crippen molar-refractivity contribution in [1.82, 2.24) is 14.8 Å². The van der Waals surface area contributed by atoms with Crippen molar-refractivity contribution in [3.05, 3.63) is 76.6 Å². The van der Waals surface area contributed by atoms with Gasteiger partial charge in [-0.15, -0.1) is 10.2 Å². The maximum Gasteiger partial charge on any atom is 0.238 e. The number of hydrogen-bond donors (Lipinski definition) is 1. The van der Waals surface area contributed by atoms with Crippen molar-refractivity contribution in [3.63, 3.8) is 0 Å². The molecular formula is C24H24ClFN4O3S2. The highest BCUT2D eigenvalue weighted by molar-refractivity contribution is 7.99. The van der Waals surface area contributed by atoms with Gasteiger partial charge in [0.15, 0.2) is 5.16 Å². The molecule has 3 aromatic carbocycles. The van der Waals surface area contributed by atoms with Crippen LogP contribution in [0.4, 0.5) is 4.70 Å². The number of benzene rings is 3. The van der Waals surface area contributed by atoms with Crippen LogP contribution in [0.5, 0.6) is 0 Å². The van der Waals surface area contributed by atoms with E-state index in [9.17, 15) is 13.2 Å². The molecule has 1 aromatic heterocycles. The van der Waals surface area contributed by atoms with E-state index >= 15 is 0 Å². The first kappa shape index (κ1) is 26.8. The Kier molecular flexibility index (Phi) is 8.32. The minimum atomic E-state index is -3.86. The lowest BCUT2D eigenvalue weighted by Gasteiger charge is -2.14. The van der Waals surface area contributed by atoms with Gasteiger partial charge in [-0.25, -0.2) is 13.6 Å². The highest BCUT2D eigenvalue weighted by atomic mass is 35.5. The number of nitrogens with two attached hydrogens (primary N) is 1. The number of thioether (sulfide) groups is 1. The predicted octanol–water partition coefficient (Wildman–Crippen LogP) is 4.65. The van der Waals surface area contributed by atoms with Crippen molar-refractivity contribution in [1.29, 1.82) is 0 Å². The predicted molar refractivity (Wildman–Crippen MR) is 138 cm³/mol. The summed E-state index contributed by atoms with van der Waals surface area (Å²) in [5, 5.41) is 16.8. The Morgan fingerprint density at radius 1 is 1.06 bits per heavy atom. The quantitative estimate of drug-likeness (QED) is 0.330. The molecule has 11 heteroatoms. The van der Waals surface area contributed by atoms with Gasteiger partial charge in [0.05, 0.1) is 16.3 Å². The van der Waals surface area contributed by atoms with Crippen LogP contribution in [0.15, 0.2) is 64.6 Å². The lowest BCUT2D eigenvalue weighted by atomic mass is 10.0. The summed E-state index contributed by atoms with van der Waals surface area (Å²) in [6.07, 6.45) is 0.997. The molecule has 0 aliphatic rings. The van der Waals surface area contributed by atoms with Crippen LogP contribution in [0.1, 0.15) is 23.9 Å². The highest BCUT2D eigenvalue weighted by Crippen LogP contribution is 2.30. The summed E-state index contributed by atoms with van der Waals surface area (Å²) in [6.45, 7) is 4.02. The SMILES string of the molecule is CCc1ccc(-n2c(C)nnc2SCC(=O)Cc2ccc(S(N)(=O)=O)cc2Cl)c2ccccc12.F.